The van der Waals surface area contributed by atoms with E-state index < -0.39 is 0 Å². The Morgan fingerprint density at radius 3 is 2.79 bits per heavy atom. The first-order valence-electron chi connectivity index (χ1n) is 6.96. The molecule has 0 heterocycles. The lowest BCUT2D eigenvalue weighted by atomic mass is 9.89. The third-order valence-corrected chi connectivity index (χ3v) is 5.56. The van der Waals surface area contributed by atoms with Crippen molar-refractivity contribution in [3.05, 3.63) is 28.2 Å². The minimum Gasteiger partial charge on any atom is -0.389 e. The van der Waals surface area contributed by atoms with Gasteiger partial charge in [0.25, 0.3) is 0 Å². The molecule has 0 spiro atoms. The summed E-state index contributed by atoms with van der Waals surface area (Å²) in [6, 6.07) is 6.11. The number of thiocarbonyl (C=S) groups is 1. The van der Waals surface area contributed by atoms with Crippen LogP contribution in [-0.2, 0) is 0 Å². The number of anilines is 1. The average Bonchev–Trinajstić information content (AvgIpc) is 2.98. The maximum Gasteiger partial charge on any atom is 0.105 e. The van der Waals surface area contributed by atoms with Gasteiger partial charge in [-0.2, -0.15) is 0 Å². The standard InChI is InChI=1S/C15H19BrN2S/c16-14-7-12(3-4-13(14)15(17)19)18-8-11-6-9-1-2-10(11)5-9/h3-4,7,9-11,18H,1-2,5-6,8H2,(H2,17,19). The van der Waals surface area contributed by atoms with Crippen molar-refractivity contribution in [2.24, 2.45) is 23.5 Å². The Hall–Kier alpha value is -0.610. The van der Waals surface area contributed by atoms with E-state index in [2.05, 4.69) is 33.4 Å². The van der Waals surface area contributed by atoms with Gasteiger partial charge in [-0.15, -0.1) is 0 Å². The van der Waals surface area contributed by atoms with Crippen LogP contribution in [0.4, 0.5) is 5.69 Å². The molecule has 0 amide bonds. The monoisotopic (exact) mass is 338 g/mol. The molecule has 2 saturated carbocycles. The molecule has 1 aromatic carbocycles. The summed E-state index contributed by atoms with van der Waals surface area (Å²) < 4.78 is 0.970. The van der Waals surface area contributed by atoms with Crippen LogP contribution in [0.5, 0.6) is 0 Å². The zero-order valence-corrected chi connectivity index (χ0v) is 13.3. The van der Waals surface area contributed by atoms with E-state index in [-0.39, 0.29) is 0 Å². The van der Waals surface area contributed by atoms with Crippen LogP contribution < -0.4 is 11.1 Å². The zero-order chi connectivity index (χ0) is 13.4. The third kappa shape index (κ3) is 2.79. The highest BCUT2D eigenvalue weighted by Gasteiger charge is 2.38. The normalized spacial score (nSPS) is 28.6. The van der Waals surface area contributed by atoms with Gasteiger partial charge in [0.15, 0.2) is 0 Å². The maximum atomic E-state index is 5.66. The van der Waals surface area contributed by atoms with Gasteiger partial charge in [-0.3, -0.25) is 0 Å². The smallest absolute Gasteiger partial charge is 0.105 e. The van der Waals surface area contributed by atoms with E-state index in [9.17, 15) is 0 Å². The summed E-state index contributed by atoms with van der Waals surface area (Å²) in [5.41, 5.74) is 7.71. The van der Waals surface area contributed by atoms with Gasteiger partial charge in [0.2, 0.25) is 0 Å². The molecule has 19 heavy (non-hydrogen) atoms. The van der Waals surface area contributed by atoms with E-state index >= 15 is 0 Å². The molecular weight excluding hydrogens is 320 g/mol. The Morgan fingerprint density at radius 1 is 1.37 bits per heavy atom. The van der Waals surface area contributed by atoms with Crippen LogP contribution in [0.25, 0.3) is 0 Å². The van der Waals surface area contributed by atoms with Crippen LogP contribution in [0.1, 0.15) is 31.2 Å². The van der Waals surface area contributed by atoms with Crippen molar-refractivity contribution in [3.8, 4) is 0 Å². The molecular formula is C15H19BrN2S. The third-order valence-electron chi connectivity index (χ3n) is 4.69. The molecule has 3 unspecified atom stereocenters. The lowest BCUT2D eigenvalue weighted by Crippen LogP contribution is -2.20. The highest BCUT2D eigenvalue weighted by Crippen LogP contribution is 2.48. The zero-order valence-electron chi connectivity index (χ0n) is 10.9. The number of fused-ring (bicyclic) bond motifs is 2. The van der Waals surface area contributed by atoms with Gasteiger partial charge < -0.3 is 11.1 Å². The average molecular weight is 339 g/mol. The van der Waals surface area contributed by atoms with Gasteiger partial charge in [0.1, 0.15) is 4.99 Å². The summed E-state index contributed by atoms with van der Waals surface area (Å²) in [4.78, 5) is 0.437. The van der Waals surface area contributed by atoms with Crippen LogP contribution in [-0.4, -0.2) is 11.5 Å². The summed E-state index contributed by atoms with van der Waals surface area (Å²) in [6.07, 6.45) is 5.80. The number of nitrogens with two attached hydrogens (primary N) is 1. The maximum absolute atomic E-state index is 5.66. The molecule has 0 aliphatic heterocycles. The first-order valence-corrected chi connectivity index (χ1v) is 8.17. The van der Waals surface area contributed by atoms with Gasteiger partial charge in [0.05, 0.1) is 0 Å². The molecule has 2 aliphatic rings. The fraction of sp³-hybridized carbons (Fsp3) is 0.533. The molecule has 4 heteroatoms. The van der Waals surface area contributed by atoms with Crippen molar-refractivity contribution in [1.82, 2.24) is 0 Å². The molecule has 0 radical (unpaired) electrons. The van der Waals surface area contributed by atoms with Gasteiger partial charge in [-0.1, -0.05) is 18.6 Å². The lowest BCUT2D eigenvalue weighted by Gasteiger charge is -2.22. The SMILES string of the molecule is NC(=S)c1ccc(NCC2CC3CCC2C3)cc1Br. The van der Waals surface area contributed by atoms with Gasteiger partial charge in [-0.25, -0.2) is 0 Å². The summed E-state index contributed by atoms with van der Waals surface area (Å²) >= 11 is 8.53. The van der Waals surface area contributed by atoms with Gasteiger partial charge in [0, 0.05) is 22.3 Å². The fourth-order valence-electron chi connectivity index (χ4n) is 3.70. The minimum absolute atomic E-state index is 0.437. The van der Waals surface area contributed by atoms with E-state index in [4.69, 9.17) is 18.0 Å². The van der Waals surface area contributed by atoms with Gasteiger partial charge >= 0.3 is 0 Å². The highest BCUT2D eigenvalue weighted by molar-refractivity contribution is 9.10. The van der Waals surface area contributed by atoms with Crippen molar-refractivity contribution in [2.75, 3.05) is 11.9 Å². The molecule has 2 nitrogen and oxygen atoms in total. The first-order chi connectivity index (χ1) is 9.13. The quantitative estimate of drug-likeness (QED) is 0.817. The topological polar surface area (TPSA) is 38.0 Å². The largest absolute Gasteiger partial charge is 0.389 e. The second-order valence-corrected chi connectivity index (χ2v) is 7.17. The summed E-state index contributed by atoms with van der Waals surface area (Å²) in [5, 5.41) is 3.56. The molecule has 102 valence electrons. The van der Waals surface area contributed by atoms with Crippen molar-refractivity contribution in [1.29, 1.82) is 0 Å². The number of hydrogen-bond donors (Lipinski definition) is 2. The van der Waals surface area contributed by atoms with Gasteiger partial charge in [-0.05, 0) is 71.1 Å². The van der Waals surface area contributed by atoms with Crippen LogP contribution in [0, 0.1) is 17.8 Å². The molecule has 0 aromatic heterocycles. The molecule has 3 atom stereocenters. The molecule has 2 bridgehead atoms. The van der Waals surface area contributed by atoms with Crippen LogP contribution in [0.15, 0.2) is 22.7 Å². The number of nitrogens with one attached hydrogen (secondary N) is 1. The number of halogens is 1. The van der Waals surface area contributed by atoms with E-state index in [1.807, 2.05) is 6.07 Å². The minimum atomic E-state index is 0.437. The van der Waals surface area contributed by atoms with E-state index in [1.54, 1.807) is 0 Å². The Kier molecular flexibility index (Phi) is 3.81. The number of rotatable bonds is 4. The first kappa shape index (κ1) is 13.4. The van der Waals surface area contributed by atoms with Crippen LogP contribution in [0.2, 0.25) is 0 Å². The van der Waals surface area contributed by atoms with E-state index in [1.165, 1.54) is 25.7 Å². The Balaban J connectivity index is 1.61. The van der Waals surface area contributed by atoms with Crippen molar-refractivity contribution >= 4 is 38.8 Å². The number of benzene rings is 1. The van der Waals surface area contributed by atoms with Crippen molar-refractivity contribution in [2.45, 2.75) is 25.7 Å². The molecule has 3 rings (SSSR count). The summed E-state index contributed by atoms with van der Waals surface area (Å²) in [7, 11) is 0. The lowest BCUT2D eigenvalue weighted by molar-refractivity contribution is 0.348. The summed E-state index contributed by atoms with van der Waals surface area (Å²) in [6.45, 7) is 1.10. The molecule has 3 N–H and O–H groups in total. The predicted molar refractivity (Wildman–Crippen MR) is 87.5 cm³/mol. The Morgan fingerprint density at radius 2 is 2.21 bits per heavy atom. The highest BCUT2D eigenvalue weighted by atomic mass is 79.9. The number of hydrogen-bond acceptors (Lipinski definition) is 2. The summed E-state index contributed by atoms with van der Waals surface area (Å²) in [5.74, 6) is 2.85. The van der Waals surface area contributed by atoms with Crippen molar-refractivity contribution < 1.29 is 0 Å². The predicted octanol–water partition coefficient (Wildman–Crippen LogP) is 3.93. The van der Waals surface area contributed by atoms with Crippen molar-refractivity contribution in [3.63, 3.8) is 0 Å². The molecule has 2 fully saturated rings. The van der Waals surface area contributed by atoms with Crippen LogP contribution >= 0.6 is 28.1 Å². The Bertz CT molecular complexity index is 503. The Labute approximate surface area is 128 Å². The molecule has 0 saturated heterocycles. The fourth-order valence-corrected chi connectivity index (χ4v) is 4.60. The second-order valence-electron chi connectivity index (χ2n) is 5.87. The molecule has 1 aromatic rings. The molecule has 2 aliphatic carbocycles. The van der Waals surface area contributed by atoms with E-state index in [0.29, 0.717) is 4.99 Å². The van der Waals surface area contributed by atoms with E-state index in [0.717, 1.165) is 40.0 Å². The van der Waals surface area contributed by atoms with Crippen LogP contribution in [0.3, 0.4) is 0 Å². The second kappa shape index (κ2) is 5.41.